The third-order valence-corrected chi connectivity index (χ3v) is 3.65. The van der Waals surface area contributed by atoms with E-state index in [1.807, 2.05) is 17.8 Å². The zero-order chi connectivity index (χ0) is 12.1. The van der Waals surface area contributed by atoms with Crippen molar-refractivity contribution in [2.75, 3.05) is 0 Å². The number of aromatic nitrogens is 1. The number of pyridine rings is 1. The smallest absolute Gasteiger partial charge is 0.0579 e. The van der Waals surface area contributed by atoms with E-state index in [1.165, 1.54) is 16.0 Å². The lowest BCUT2D eigenvalue weighted by Gasteiger charge is -2.06. The molecule has 0 fully saturated rings. The number of nitrogens with zero attached hydrogens (tertiary/aromatic N) is 1. The SMILES string of the molecule is Cc1ccc(SCc2cccnc2CN)cc1. The van der Waals surface area contributed by atoms with Gasteiger partial charge in [-0.2, -0.15) is 0 Å². The molecule has 0 atom stereocenters. The molecule has 1 aromatic heterocycles. The molecular formula is C14H16N2S. The molecule has 0 saturated carbocycles. The highest BCUT2D eigenvalue weighted by molar-refractivity contribution is 7.98. The highest BCUT2D eigenvalue weighted by Gasteiger charge is 2.02. The van der Waals surface area contributed by atoms with E-state index >= 15 is 0 Å². The lowest BCUT2D eigenvalue weighted by atomic mass is 10.2. The summed E-state index contributed by atoms with van der Waals surface area (Å²) in [5.74, 6) is 0.920. The van der Waals surface area contributed by atoms with Gasteiger partial charge in [-0.1, -0.05) is 23.8 Å². The topological polar surface area (TPSA) is 38.9 Å². The fraction of sp³-hybridized carbons (Fsp3) is 0.214. The summed E-state index contributed by atoms with van der Waals surface area (Å²) in [5.41, 5.74) is 9.17. The quantitative estimate of drug-likeness (QED) is 0.840. The van der Waals surface area contributed by atoms with Crippen molar-refractivity contribution < 1.29 is 0 Å². The van der Waals surface area contributed by atoms with Gasteiger partial charge in [-0.25, -0.2) is 0 Å². The molecule has 1 aromatic carbocycles. The molecule has 2 aromatic rings. The molecule has 0 unspecified atom stereocenters. The number of hydrogen-bond donors (Lipinski definition) is 1. The Labute approximate surface area is 106 Å². The van der Waals surface area contributed by atoms with E-state index in [-0.39, 0.29) is 0 Å². The van der Waals surface area contributed by atoms with Crippen molar-refractivity contribution in [2.45, 2.75) is 24.1 Å². The molecule has 17 heavy (non-hydrogen) atoms. The van der Waals surface area contributed by atoms with Crippen molar-refractivity contribution in [3.05, 3.63) is 59.4 Å². The molecule has 0 spiro atoms. The van der Waals surface area contributed by atoms with Crippen LogP contribution in [0.15, 0.2) is 47.5 Å². The van der Waals surface area contributed by atoms with Crippen molar-refractivity contribution in [1.82, 2.24) is 4.98 Å². The first kappa shape index (κ1) is 12.1. The van der Waals surface area contributed by atoms with Gasteiger partial charge in [-0.05, 0) is 30.7 Å². The maximum absolute atomic E-state index is 5.67. The zero-order valence-electron chi connectivity index (χ0n) is 9.89. The Morgan fingerprint density at radius 1 is 1.18 bits per heavy atom. The van der Waals surface area contributed by atoms with Crippen molar-refractivity contribution in [1.29, 1.82) is 0 Å². The molecule has 0 aliphatic rings. The van der Waals surface area contributed by atoms with E-state index in [0.29, 0.717) is 6.54 Å². The molecule has 0 aliphatic heterocycles. The molecule has 0 saturated heterocycles. The summed E-state index contributed by atoms with van der Waals surface area (Å²) in [6.45, 7) is 2.60. The van der Waals surface area contributed by atoms with Crippen molar-refractivity contribution in [3.8, 4) is 0 Å². The Balaban J connectivity index is 2.04. The largest absolute Gasteiger partial charge is 0.325 e. The summed E-state index contributed by atoms with van der Waals surface area (Å²) >= 11 is 1.82. The molecule has 88 valence electrons. The first-order valence-corrected chi connectivity index (χ1v) is 6.60. The highest BCUT2D eigenvalue weighted by atomic mass is 32.2. The fourth-order valence-electron chi connectivity index (χ4n) is 1.58. The Morgan fingerprint density at radius 2 is 1.94 bits per heavy atom. The van der Waals surface area contributed by atoms with Gasteiger partial charge in [0.05, 0.1) is 5.69 Å². The van der Waals surface area contributed by atoms with Crippen LogP contribution in [-0.4, -0.2) is 4.98 Å². The van der Waals surface area contributed by atoms with E-state index < -0.39 is 0 Å². The van der Waals surface area contributed by atoms with Crippen LogP contribution in [0.25, 0.3) is 0 Å². The molecule has 0 amide bonds. The van der Waals surface area contributed by atoms with Gasteiger partial charge in [0.25, 0.3) is 0 Å². The second kappa shape index (κ2) is 5.84. The van der Waals surface area contributed by atoms with Crippen LogP contribution >= 0.6 is 11.8 Å². The number of hydrogen-bond acceptors (Lipinski definition) is 3. The maximum atomic E-state index is 5.67. The molecule has 2 N–H and O–H groups in total. The first-order chi connectivity index (χ1) is 8.29. The molecular weight excluding hydrogens is 228 g/mol. The van der Waals surface area contributed by atoms with Gasteiger partial charge >= 0.3 is 0 Å². The van der Waals surface area contributed by atoms with Gasteiger partial charge in [-0.15, -0.1) is 11.8 Å². The van der Waals surface area contributed by atoms with E-state index in [4.69, 9.17) is 5.73 Å². The summed E-state index contributed by atoms with van der Waals surface area (Å²) in [4.78, 5) is 5.57. The summed E-state index contributed by atoms with van der Waals surface area (Å²) in [7, 11) is 0. The predicted octanol–water partition coefficient (Wildman–Crippen LogP) is 3.14. The van der Waals surface area contributed by atoms with E-state index in [0.717, 1.165) is 11.4 Å². The van der Waals surface area contributed by atoms with Gasteiger partial charge in [0.1, 0.15) is 0 Å². The number of benzene rings is 1. The molecule has 0 aliphatic carbocycles. The van der Waals surface area contributed by atoms with Gasteiger partial charge in [0.15, 0.2) is 0 Å². The fourth-order valence-corrected chi connectivity index (χ4v) is 2.50. The van der Waals surface area contributed by atoms with Crippen molar-refractivity contribution >= 4 is 11.8 Å². The standard InChI is InChI=1S/C14H16N2S/c1-11-4-6-13(7-5-11)17-10-12-3-2-8-16-14(12)9-15/h2-8H,9-10,15H2,1H3. The number of aryl methyl sites for hydroxylation is 1. The van der Waals surface area contributed by atoms with Crippen molar-refractivity contribution in [2.24, 2.45) is 5.73 Å². The Morgan fingerprint density at radius 3 is 2.65 bits per heavy atom. The number of nitrogens with two attached hydrogens (primary N) is 1. The molecule has 2 nitrogen and oxygen atoms in total. The van der Waals surface area contributed by atoms with Crippen LogP contribution in [0.2, 0.25) is 0 Å². The molecule has 1 heterocycles. The minimum Gasteiger partial charge on any atom is -0.325 e. The second-order valence-electron chi connectivity index (χ2n) is 3.92. The summed E-state index contributed by atoms with van der Waals surface area (Å²) in [5, 5.41) is 0. The lowest BCUT2D eigenvalue weighted by Crippen LogP contribution is -2.03. The molecule has 3 heteroatoms. The van der Waals surface area contributed by atoms with Gasteiger partial charge in [0.2, 0.25) is 0 Å². The Hall–Kier alpha value is -1.32. The summed E-state index contributed by atoms with van der Waals surface area (Å²) in [6, 6.07) is 12.6. The summed E-state index contributed by atoms with van der Waals surface area (Å²) < 4.78 is 0. The third-order valence-electron chi connectivity index (χ3n) is 2.59. The monoisotopic (exact) mass is 244 g/mol. The van der Waals surface area contributed by atoms with Gasteiger partial charge < -0.3 is 5.73 Å². The normalized spacial score (nSPS) is 10.5. The Kier molecular flexibility index (Phi) is 4.18. The van der Waals surface area contributed by atoms with E-state index in [9.17, 15) is 0 Å². The average Bonchev–Trinajstić information content (AvgIpc) is 2.38. The number of thioether (sulfide) groups is 1. The van der Waals surface area contributed by atoms with Crippen LogP contribution in [0.1, 0.15) is 16.8 Å². The second-order valence-corrected chi connectivity index (χ2v) is 4.96. The van der Waals surface area contributed by atoms with Crippen molar-refractivity contribution in [3.63, 3.8) is 0 Å². The van der Waals surface area contributed by atoms with E-state index in [2.05, 4.69) is 42.2 Å². The third kappa shape index (κ3) is 3.32. The van der Waals surface area contributed by atoms with Crippen LogP contribution in [0.5, 0.6) is 0 Å². The molecule has 2 rings (SSSR count). The zero-order valence-corrected chi connectivity index (χ0v) is 10.7. The average molecular weight is 244 g/mol. The highest BCUT2D eigenvalue weighted by Crippen LogP contribution is 2.23. The van der Waals surface area contributed by atoms with Gasteiger partial charge in [-0.3, -0.25) is 4.98 Å². The predicted molar refractivity (Wildman–Crippen MR) is 72.9 cm³/mol. The van der Waals surface area contributed by atoms with E-state index in [1.54, 1.807) is 6.20 Å². The minimum atomic E-state index is 0.505. The van der Waals surface area contributed by atoms with Crippen LogP contribution in [0.3, 0.4) is 0 Å². The van der Waals surface area contributed by atoms with Crippen LogP contribution in [-0.2, 0) is 12.3 Å². The molecule has 0 radical (unpaired) electrons. The maximum Gasteiger partial charge on any atom is 0.0579 e. The van der Waals surface area contributed by atoms with Gasteiger partial charge in [0, 0.05) is 23.4 Å². The lowest BCUT2D eigenvalue weighted by molar-refractivity contribution is 0.964. The number of rotatable bonds is 4. The van der Waals surface area contributed by atoms with Crippen LogP contribution in [0.4, 0.5) is 0 Å². The van der Waals surface area contributed by atoms with Crippen LogP contribution in [0, 0.1) is 6.92 Å². The molecule has 0 bridgehead atoms. The Bertz CT molecular complexity index is 480. The van der Waals surface area contributed by atoms with Crippen LogP contribution < -0.4 is 5.73 Å². The first-order valence-electron chi connectivity index (χ1n) is 5.62. The minimum absolute atomic E-state index is 0.505. The summed E-state index contributed by atoms with van der Waals surface area (Å²) in [6.07, 6.45) is 1.79.